The number of amides is 2. The number of benzene rings is 2. The third kappa shape index (κ3) is 7.52. The Kier molecular flexibility index (Phi) is 11.0. The van der Waals surface area contributed by atoms with Crippen LogP contribution in [-0.2, 0) is 35.1 Å². The SMILES string of the molecule is C[C@@H]1[C@H](c2ccccc2)OC(=O)N1C(=O)[C@H](C)[C@H]1O[C@@](O)(CCCOC[C@@H](CO)OCc2ccccc2)C(Br)=CC1=O. The van der Waals surface area contributed by atoms with Crippen molar-refractivity contribution in [2.24, 2.45) is 5.92 Å². The molecule has 0 bridgehead atoms. The van der Waals surface area contributed by atoms with Gasteiger partial charge in [0.2, 0.25) is 5.91 Å². The van der Waals surface area contributed by atoms with Crippen molar-refractivity contribution in [1.29, 1.82) is 0 Å². The van der Waals surface area contributed by atoms with Gasteiger partial charge in [0.05, 0.1) is 36.3 Å². The third-order valence-electron chi connectivity index (χ3n) is 7.36. The smallest absolute Gasteiger partial charge is 0.417 e. The van der Waals surface area contributed by atoms with Crippen molar-refractivity contribution in [2.45, 2.75) is 63.4 Å². The average Bonchev–Trinajstić information content (AvgIpc) is 3.30. The summed E-state index contributed by atoms with van der Waals surface area (Å²) in [5.41, 5.74) is 1.73. The number of nitrogens with zero attached hydrogens (tertiary/aromatic N) is 1. The molecule has 2 N–H and O–H groups in total. The molecule has 10 nitrogen and oxygen atoms in total. The van der Waals surface area contributed by atoms with E-state index in [9.17, 15) is 24.6 Å². The lowest BCUT2D eigenvalue weighted by atomic mass is 9.93. The van der Waals surface area contributed by atoms with E-state index in [4.69, 9.17) is 18.9 Å². The number of rotatable bonds is 13. The van der Waals surface area contributed by atoms with Gasteiger partial charge >= 0.3 is 6.09 Å². The molecule has 2 heterocycles. The van der Waals surface area contributed by atoms with E-state index in [-0.39, 0.29) is 30.7 Å². The Balaban J connectivity index is 1.30. The van der Waals surface area contributed by atoms with Crippen LogP contribution in [0.3, 0.4) is 0 Å². The van der Waals surface area contributed by atoms with Crippen molar-refractivity contribution >= 4 is 33.7 Å². The van der Waals surface area contributed by atoms with Gasteiger partial charge in [-0.2, -0.15) is 0 Å². The van der Waals surface area contributed by atoms with Crippen LogP contribution < -0.4 is 0 Å². The third-order valence-corrected chi connectivity index (χ3v) is 8.21. The first-order chi connectivity index (χ1) is 20.1. The molecule has 11 heteroatoms. The molecule has 2 aliphatic heterocycles. The molecule has 42 heavy (non-hydrogen) atoms. The molecule has 1 fully saturated rings. The van der Waals surface area contributed by atoms with Gasteiger partial charge < -0.3 is 29.2 Å². The van der Waals surface area contributed by atoms with Crippen molar-refractivity contribution < 1.29 is 43.5 Å². The highest BCUT2D eigenvalue weighted by Gasteiger charge is 2.49. The molecule has 1 saturated heterocycles. The second kappa shape index (κ2) is 14.5. The zero-order valence-electron chi connectivity index (χ0n) is 23.6. The van der Waals surface area contributed by atoms with Gasteiger partial charge in [0, 0.05) is 13.0 Å². The number of hydrogen-bond donors (Lipinski definition) is 2. The summed E-state index contributed by atoms with van der Waals surface area (Å²) in [4.78, 5) is 40.0. The van der Waals surface area contributed by atoms with E-state index in [1.54, 1.807) is 6.92 Å². The summed E-state index contributed by atoms with van der Waals surface area (Å²) in [5.74, 6) is -4.09. The topological polar surface area (TPSA) is 132 Å². The number of cyclic esters (lactones) is 1. The summed E-state index contributed by atoms with van der Waals surface area (Å²) in [6.45, 7) is 3.70. The lowest BCUT2D eigenvalue weighted by molar-refractivity contribution is -0.217. The largest absolute Gasteiger partial charge is 0.439 e. The van der Waals surface area contributed by atoms with Gasteiger partial charge in [0.15, 0.2) is 11.6 Å². The standard InChI is InChI=1S/C31H36BrNO9/c1-20(29(36)33-21(2)28(41-30(33)37)23-12-7-4-8-13-23)27-25(35)16-26(32)31(38,42-27)14-9-15-39-19-24(17-34)40-18-22-10-5-3-6-11-22/h3-8,10-13,16,20-21,24,27-28,34,38H,9,14-15,17-19H2,1-2H3/t20-,21-,24-,27-,28-,31+/m1/s1. The normalized spacial score (nSPS) is 25.6. The summed E-state index contributed by atoms with van der Waals surface area (Å²) < 4.78 is 22.8. The molecule has 0 unspecified atom stereocenters. The molecule has 2 aliphatic rings. The minimum Gasteiger partial charge on any atom is -0.439 e. The van der Waals surface area contributed by atoms with Crippen LogP contribution in [0.1, 0.15) is 43.9 Å². The fraction of sp³-hybridized carbons (Fsp3) is 0.452. The maximum atomic E-state index is 13.4. The number of carbonyl (C=O) groups excluding carboxylic acids is 3. The van der Waals surface area contributed by atoms with Gasteiger partial charge in [-0.1, -0.05) is 67.6 Å². The van der Waals surface area contributed by atoms with Crippen molar-refractivity contribution in [3.63, 3.8) is 0 Å². The van der Waals surface area contributed by atoms with E-state index in [2.05, 4.69) is 15.9 Å². The quantitative estimate of drug-likeness (QED) is 0.310. The summed E-state index contributed by atoms with van der Waals surface area (Å²) in [7, 11) is 0. The first-order valence-electron chi connectivity index (χ1n) is 13.9. The van der Waals surface area contributed by atoms with E-state index < -0.39 is 53.8 Å². The lowest BCUT2D eigenvalue weighted by Gasteiger charge is -2.37. The van der Waals surface area contributed by atoms with Crippen LogP contribution >= 0.6 is 15.9 Å². The molecular weight excluding hydrogens is 610 g/mol. The Bertz CT molecular complexity index is 1260. The first-order valence-corrected chi connectivity index (χ1v) is 14.7. The van der Waals surface area contributed by atoms with Gasteiger partial charge in [-0.3, -0.25) is 9.59 Å². The molecule has 2 amide bonds. The number of ether oxygens (including phenoxy) is 4. The fourth-order valence-corrected chi connectivity index (χ4v) is 5.45. The van der Waals surface area contributed by atoms with Crippen LogP contribution in [0.4, 0.5) is 4.79 Å². The summed E-state index contributed by atoms with van der Waals surface area (Å²) in [6, 6.07) is 18.1. The number of aliphatic hydroxyl groups is 2. The molecule has 4 rings (SSSR count). The monoisotopic (exact) mass is 645 g/mol. The Morgan fingerprint density at radius 3 is 2.45 bits per heavy atom. The van der Waals surface area contributed by atoms with Crippen LogP contribution in [0.15, 0.2) is 71.2 Å². The minimum atomic E-state index is -1.87. The average molecular weight is 647 g/mol. The second-order valence-corrected chi connectivity index (χ2v) is 11.3. The highest BCUT2D eigenvalue weighted by Crippen LogP contribution is 2.38. The first kappa shape index (κ1) is 32.0. The minimum absolute atomic E-state index is 0.0572. The summed E-state index contributed by atoms with van der Waals surface area (Å²) in [5, 5.41) is 20.9. The number of imide groups is 1. The molecule has 6 atom stereocenters. The van der Waals surface area contributed by atoms with Gasteiger partial charge in [0.25, 0.3) is 0 Å². The number of aliphatic hydroxyl groups excluding tert-OH is 1. The number of carbonyl (C=O) groups is 3. The molecule has 2 aromatic rings. The molecule has 226 valence electrons. The van der Waals surface area contributed by atoms with E-state index in [0.717, 1.165) is 16.0 Å². The Hall–Kier alpha value is -2.93. The molecule has 2 aromatic carbocycles. The Morgan fingerprint density at radius 1 is 1.12 bits per heavy atom. The van der Waals surface area contributed by atoms with Gasteiger partial charge in [-0.15, -0.1) is 0 Å². The predicted molar refractivity (Wildman–Crippen MR) is 155 cm³/mol. The Labute approximate surface area is 253 Å². The summed E-state index contributed by atoms with van der Waals surface area (Å²) >= 11 is 3.23. The molecule has 0 aromatic heterocycles. The molecular formula is C31H36BrNO9. The summed E-state index contributed by atoms with van der Waals surface area (Å²) in [6.07, 6.45) is -1.66. The second-order valence-electron chi connectivity index (χ2n) is 10.4. The van der Waals surface area contributed by atoms with Crippen molar-refractivity contribution in [1.82, 2.24) is 4.90 Å². The maximum absolute atomic E-state index is 13.4. The zero-order valence-corrected chi connectivity index (χ0v) is 25.1. The van der Waals surface area contributed by atoms with Crippen LogP contribution in [0.5, 0.6) is 0 Å². The number of halogens is 1. The predicted octanol–water partition coefficient (Wildman–Crippen LogP) is 4.04. The van der Waals surface area contributed by atoms with E-state index >= 15 is 0 Å². The number of hydrogen-bond acceptors (Lipinski definition) is 9. The highest BCUT2D eigenvalue weighted by molar-refractivity contribution is 9.11. The van der Waals surface area contributed by atoms with Crippen LogP contribution in [0.25, 0.3) is 0 Å². The van der Waals surface area contributed by atoms with Gasteiger partial charge in [0.1, 0.15) is 18.3 Å². The van der Waals surface area contributed by atoms with Crippen LogP contribution in [0.2, 0.25) is 0 Å². The van der Waals surface area contributed by atoms with Crippen LogP contribution in [0, 0.1) is 5.92 Å². The van der Waals surface area contributed by atoms with E-state index in [1.165, 1.54) is 13.0 Å². The Morgan fingerprint density at radius 2 is 1.79 bits per heavy atom. The van der Waals surface area contributed by atoms with Crippen molar-refractivity contribution in [2.75, 3.05) is 19.8 Å². The molecule has 0 aliphatic carbocycles. The molecule has 0 spiro atoms. The van der Waals surface area contributed by atoms with Crippen molar-refractivity contribution in [3.8, 4) is 0 Å². The van der Waals surface area contributed by atoms with E-state index in [0.29, 0.717) is 13.0 Å². The van der Waals surface area contributed by atoms with Crippen LogP contribution in [-0.4, -0.2) is 76.8 Å². The van der Waals surface area contributed by atoms with E-state index in [1.807, 2.05) is 60.7 Å². The van der Waals surface area contributed by atoms with Gasteiger partial charge in [-0.05, 0) is 46.5 Å². The van der Waals surface area contributed by atoms with Crippen molar-refractivity contribution in [3.05, 3.63) is 82.3 Å². The maximum Gasteiger partial charge on any atom is 0.417 e. The zero-order chi connectivity index (χ0) is 30.3. The van der Waals surface area contributed by atoms with Gasteiger partial charge in [-0.25, -0.2) is 9.69 Å². The lowest BCUT2D eigenvalue weighted by Crippen LogP contribution is -2.52. The number of ketones is 1. The highest BCUT2D eigenvalue weighted by atomic mass is 79.9. The molecule has 0 radical (unpaired) electrons. The fourth-order valence-electron chi connectivity index (χ4n) is 4.94. The molecule has 0 saturated carbocycles.